The van der Waals surface area contributed by atoms with E-state index in [0.29, 0.717) is 6.41 Å². The monoisotopic (exact) mass is 235 g/mol. The van der Waals surface area contributed by atoms with Gasteiger partial charge in [-0.15, -0.1) is 0 Å². The van der Waals surface area contributed by atoms with Crippen molar-refractivity contribution in [2.45, 2.75) is 13.5 Å². The third-order valence-electron chi connectivity index (χ3n) is 1.89. The summed E-state index contributed by atoms with van der Waals surface area (Å²) in [4.78, 5) is 25.8. The van der Waals surface area contributed by atoms with Crippen molar-refractivity contribution in [2.24, 2.45) is 0 Å². The molecule has 0 atom stereocenters. The summed E-state index contributed by atoms with van der Waals surface area (Å²) in [5, 5.41) is 0. The SMILES string of the molecule is CC(=CONC=O)C(=O)OCc1ccccc1. The van der Waals surface area contributed by atoms with Crippen LogP contribution in [0.4, 0.5) is 0 Å². The fourth-order valence-corrected chi connectivity index (χ4v) is 1.04. The highest BCUT2D eigenvalue weighted by Gasteiger charge is 2.06. The van der Waals surface area contributed by atoms with Crippen LogP contribution in [-0.4, -0.2) is 12.4 Å². The Kier molecular flexibility index (Phi) is 5.30. The van der Waals surface area contributed by atoms with E-state index in [1.54, 1.807) is 0 Å². The van der Waals surface area contributed by atoms with E-state index in [4.69, 9.17) is 4.74 Å². The zero-order chi connectivity index (χ0) is 12.5. The largest absolute Gasteiger partial charge is 0.457 e. The molecular weight excluding hydrogens is 222 g/mol. The molecule has 1 amide bonds. The lowest BCUT2D eigenvalue weighted by atomic mass is 10.2. The number of hydrogen-bond donors (Lipinski definition) is 1. The van der Waals surface area contributed by atoms with Crippen LogP contribution in [0, 0.1) is 0 Å². The van der Waals surface area contributed by atoms with Gasteiger partial charge in [0, 0.05) is 0 Å². The van der Waals surface area contributed by atoms with Gasteiger partial charge in [0.2, 0.25) is 6.41 Å². The van der Waals surface area contributed by atoms with Gasteiger partial charge in [-0.1, -0.05) is 30.3 Å². The van der Waals surface area contributed by atoms with Gasteiger partial charge in [-0.05, 0) is 12.5 Å². The van der Waals surface area contributed by atoms with Crippen molar-refractivity contribution in [3.8, 4) is 0 Å². The third kappa shape index (κ3) is 4.83. The van der Waals surface area contributed by atoms with E-state index in [-0.39, 0.29) is 12.2 Å². The normalized spacial score (nSPS) is 10.5. The molecule has 0 spiro atoms. The van der Waals surface area contributed by atoms with E-state index < -0.39 is 5.97 Å². The maximum Gasteiger partial charge on any atom is 0.337 e. The van der Waals surface area contributed by atoms with Crippen molar-refractivity contribution in [1.82, 2.24) is 5.48 Å². The second-order valence-corrected chi connectivity index (χ2v) is 3.22. The van der Waals surface area contributed by atoms with E-state index in [1.165, 1.54) is 6.92 Å². The Morgan fingerprint density at radius 2 is 2.06 bits per heavy atom. The molecule has 0 saturated carbocycles. The molecule has 5 heteroatoms. The van der Waals surface area contributed by atoms with Crippen LogP contribution in [0.5, 0.6) is 0 Å². The second kappa shape index (κ2) is 7.05. The van der Waals surface area contributed by atoms with Gasteiger partial charge in [-0.2, -0.15) is 5.48 Å². The van der Waals surface area contributed by atoms with Crippen molar-refractivity contribution < 1.29 is 19.2 Å². The van der Waals surface area contributed by atoms with Gasteiger partial charge in [0.05, 0.1) is 5.57 Å². The number of benzene rings is 1. The summed E-state index contributed by atoms with van der Waals surface area (Å²) >= 11 is 0. The molecule has 0 aliphatic heterocycles. The van der Waals surface area contributed by atoms with Crippen molar-refractivity contribution in [3.63, 3.8) is 0 Å². The summed E-state index contributed by atoms with van der Waals surface area (Å²) in [5.41, 5.74) is 3.11. The fourth-order valence-electron chi connectivity index (χ4n) is 1.04. The predicted octanol–water partition coefficient (Wildman–Crippen LogP) is 1.31. The first-order valence-corrected chi connectivity index (χ1v) is 4.96. The fraction of sp³-hybridized carbons (Fsp3) is 0.167. The van der Waals surface area contributed by atoms with Gasteiger partial charge in [0.15, 0.2) is 0 Å². The molecule has 1 N–H and O–H groups in total. The summed E-state index contributed by atoms with van der Waals surface area (Å²) in [5.74, 6) is -0.499. The molecule has 1 aromatic rings. The first kappa shape index (κ1) is 12.8. The molecule has 90 valence electrons. The van der Waals surface area contributed by atoms with Crippen LogP contribution in [0.15, 0.2) is 42.2 Å². The first-order valence-electron chi connectivity index (χ1n) is 4.96. The topological polar surface area (TPSA) is 64.6 Å². The molecule has 17 heavy (non-hydrogen) atoms. The molecule has 5 nitrogen and oxygen atoms in total. The molecule has 1 aromatic carbocycles. The smallest absolute Gasteiger partial charge is 0.337 e. The minimum absolute atomic E-state index is 0.200. The van der Waals surface area contributed by atoms with E-state index in [0.717, 1.165) is 11.8 Å². The standard InChI is InChI=1S/C12H13NO4/c1-10(7-17-13-9-14)12(15)16-8-11-5-3-2-4-6-11/h2-7,9H,8H2,1H3,(H,13,14). The number of rotatable bonds is 6. The Labute approximate surface area is 99.0 Å². The van der Waals surface area contributed by atoms with Crippen LogP contribution in [0.2, 0.25) is 0 Å². The Morgan fingerprint density at radius 1 is 1.35 bits per heavy atom. The molecule has 0 heterocycles. The lowest BCUT2D eigenvalue weighted by Gasteiger charge is -2.04. The highest BCUT2D eigenvalue weighted by atomic mass is 16.6. The highest BCUT2D eigenvalue weighted by Crippen LogP contribution is 2.03. The number of hydroxylamine groups is 1. The van der Waals surface area contributed by atoms with Gasteiger partial charge in [0.1, 0.15) is 12.9 Å². The van der Waals surface area contributed by atoms with Crippen molar-refractivity contribution >= 4 is 12.4 Å². The maximum absolute atomic E-state index is 11.4. The zero-order valence-corrected chi connectivity index (χ0v) is 9.38. The number of carbonyl (C=O) groups excluding carboxylic acids is 2. The van der Waals surface area contributed by atoms with E-state index in [2.05, 4.69) is 4.84 Å². The molecular formula is C12H13NO4. The molecule has 0 unspecified atom stereocenters. The van der Waals surface area contributed by atoms with Gasteiger partial charge in [0.25, 0.3) is 0 Å². The van der Waals surface area contributed by atoms with E-state index >= 15 is 0 Å². The first-order chi connectivity index (χ1) is 8.24. The average molecular weight is 235 g/mol. The third-order valence-corrected chi connectivity index (χ3v) is 1.89. The number of nitrogens with one attached hydrogen (secondary N) is 1. The molecule has 0 aromatic heterocycles. The number of carbonyl (C=O) groups is 2. The summed E-state index contributed by atoms with van der Waals surface area (Å²) in [6, 6.07) is 9.33. The molecule has 0 bridgehead atoms. The van der Waals surface area contributed by atoms with Crippen molar-refractivity contribution in [3.05, 3.63) is 47.7 Å². The van der Waals surface area contributed by atoms with Crippen LogP contribution in [0.1, 0.15) is 12.5 Å². The summed E-state index contributed by atoms with van der Waals surface area (Å²) in [7, 11) is 0. The van der Waals surface area contributed by atoms with E-state index in [9.17, 15) is 9.59 Å². The van der Waals surface area contributed by atoms with Crippen LogP contribution >= 0.6 is 0 Å². The van der Waals surface area contributed by atoms with Gasteiger partial charge < -0.3 is 9.57 Å². The number of amides is 1. The van der Waals surface area contributed by atoms with Crippen LogP contribution < -0.4 is 5.48 Å². The van der Waals surface area contributed by atoms with Gasteiger partial charge in [-0.3, -0.25) is 4.79 Å². The Hall–Kier alpha value is -2.30. The Bertz CT molecular complexity index is 400. The summed E-state index contributed by atoms with van der Waals surface area (Å²) in [6.45, 7) is 1.73. The Morgan fingerprint density at radius 3 is 2.71 bits per heavy atom. The van der Waals surface area contributed by atoms with E-state index in [1.807, 2.05) is 35.8 Å². The maximum atomic E-state index is 11.4. The lowest BCUT2D eigenvalue weighted by Crippen LogP contribution is -2.10. The van der Waals surface area contributed by atoms with Gasteiger partial charge >= 0.3 is 5.97 Å². The minimum atomic E-state index is -0.499. The van der Waals surface area contributed by atoms with Crippen LogP contribution in [0.25, 0.3) is 0 Å². The number of esters is 1. The van der Waals surface area contributed by atoms with Crippen molar-refractivity contribution in [1.29, 1.82) is 0 Å². The molecule has 0 saturated heterocycles. The second-order valence-electron chi connectivity index (χ2n) is 3.22. The molecule has 1 rings (SSSR count). The Balaban J connectivity index is 2.39. The lowest BCUT2D eigenvalue weighted by molar-refractivity contribution is -0.140. The molecule has 0 radical (unpaired) electrons. The summed E-state index contributed by atoms with van der Waals surface area (Å²) in [6.07, 6.45) is 1.47. The quantitative estimate of drug-likeness (QED) is 0.202. The molecule has 0 fully saturated rings. The van der Waals surface area contributed by atoms with Crippen molar-refractivity contribution in [2.75, 3.05) is 0 Å². The zero-order valence-electron chi connectivity index (χ0n) is 9.38. The minimum Gasteiger partial charge on any atom is -0.457 e. The summed E-state index contributed by atoms with van der Waals surface area (Å²) < 4.78 is 5.02. The molecule has 0 aliphatic carbocycles. The highest BCUT2D eigenvalue weighted by molar-refractivity contribution is 5.87. The van der Waals surface area contributed by atoms with Crippen LogP contribution in [-0.2, 0) is 25.8 Å². The average Bonchev–Trinajstić information content (AvgIpc) is 2.37. The number of hydrogen-bond acceptors (Lipinski definition) is 4. The predicted molar refractivity (Wildman–Crippen MR) is 60.3 cm³/mol. The van der Waals surface area contributed by atoms with Gasteiger partial charge in [-0.25, -0.2) is 4.79 Å². The number of ether oxygens (including phenoxy) is 1. The molecule has 0 aliphatic rings. The van der Waals surface area contributed by atoms with Crippen LogP contribution in [0.3, 0.4) is 0 Å².